The maximum absolute atomic E-state index is 14.0. The molecule has 2 heterocycles. The molecule has 41 heavy (non-hydrogen) atoms. The lowest BCUT2D eigenvalue weighted by Gasteiger charge is -2.26. The highest BCUT2D eigenvalue weighted by molar-refractivity contribution is 7.56. The Morgan fingerprint density at radius 1 is 1.02 bits per heavy atom. The second-order valence-corrected chi connectivity index (χ2v) is 11.9. The van der Waals surface area contributed by atoms with E-state index in [-0.39, 0.29) is 18.8 Å². The number of nitrogens with two attached hydrogens (primary N) is 1. The molecular formula is C26H37N6O8P. The van der Waals surface area contributed by atoms with Crippen LogP contribution in [0.4, 0.5) is 10.6 Å². The number of imidazole rings is 1. The largest absolute Gasteiger partial charge is 0.510 e. The van der Waals surface area contributed by atoms with E-state index in [1.807, 2.05) is 30.3 Å². The van der Waals surface area contributed by atoms with Gasteiger partial charge in [-0.1, -0.05) is 30.3 Å². The summed E-state index contributed by atoms with van der Waals surface area (Å²) in [6, 6.07) is 8.11. The third kappa shape index (κ3) is 10.1. The van der Waals surface area contributed by atoms with Crippen LogP contribution in [0.2, 0.25) is 0 Å². The number of hydrogen-bond donors (Lipinski definition) is 2. The van der Waals surface area contributed by atoms with Crippen LogP contribution in [0.25, 0.3) is 11.2 Å². The summed E-state index contributed by atoms with van der Waals surface area (Å²) in [5.41, 5.74) is 7.63. The zero-order valence-corrected chi connectivity index (χ0v) is 24.7. The van der Waals surface area contributed by atoms with Crippen molar-refractivity contribution in [2.24, 2.45) is 0 Å². The smallest absolute Gasteiger partial charge is 0.462 e. The summed E-state index contributed by atoms with van der Waals surface area (Å²) in [6.07, 6.45) is 0.262. The highest BCUT2D eigenvalue weighted by Crippen LogP contribution is 2.44. The SMILES string of the molecule is CC(C)OC(=O)OCOP(=O)(COC(C)Cn1cnc2c(N)ncnc21)NC(Cc1ccccc1)C(=O)OC(C)C. The summed E-state index contributed by atoms with van der Waals surface area (Å²) in [5, 5.41) is 2.80. The highest BCUT2D eigenvalue weighted by atomic mass is 31.2. The van der Waals surface area contributed by atoms with Gasteiger partial charge in [-0.05, 0) is 46.6 Å². The van der Waals surface area contributed by atoms with E-state index in [0.29, 0.717) is 11.2 Å². The summed E-state index contributed by atoms with van der Waals surface area (Å²) in [4.78, 5) is 37.2. The van der Waals surface area contributed by atoms with Crippen LogP contribution in [0.1, 0.15) is 40.2 Å². The van der Waals surface area contributed by atoms with Gasteiger partial charge in [0.25, 0.3) is 7.52 Å². The first-order chi connectivity index (χ1) is 19.5. The first-order valence-electron chi connectivity index (χ1n) is 13.1. The van der Waals surface area contributed by atoms with Crippen molar-refractivity contribution in [3.05, 3.63) is 48.5 Å². The Morgan fingerprint density at radius 3 is 2.41 bits per heavy atom. The minimum Gasteiger partial charge on any atom is -0.462 e. The summed E-state index contributed by atoms with van der Waals surface area (Å²) < 4.78 is 42.4. The predicted molar refractivity (Wildman–Crippen MR) is 150 cm³/mol. The molecule has 3 aromatic rings. The van der Waals surface area contributed by atoms with Gasteiger partial charge >= 0.3 is 12.1 Å². The summed E-state index contributed by atoms with van der Waals surface area (Å²) >= 11 is 0. The van der Waals surface area contributed by atoms with E-state index in [0.717, 1.165) is 5.56 Å². The Bertz CT molecular complexity index is 1340. The molecule has 3 rings (SSSR count). The molecule has 0 aliphatic carbocycles. The molecule has 3 atom stereocenters. The van der Waals surface area contributed by atoms with E-state index >= 15 is 0 Å². The maximum Gasteiger partial charge on any atom is 0.510 e. The van der Waals surface area contributed by atoms with E-state index in [4.69, 9.17) is 29.2 Å². The summed E-state index contributed by atoms with van der Waals surface area (Å²) in [6.45, 7) is 8.08. The lowest BCUT2D eigenvalue weighted by molar-refractivity contribution is -0.149. The van der Waals surface area contributed by atoms with Gasteiger partial charge in [-0.25, -0.2) is 24.8 Å². The average Bonchev–Trinajstić information content (AvgIpc) is 3.31. The van der Waals surface area contributed by atoms with E-state index in [1.165, 1.54) is 6.33 Å². The number of nitrogens with zero attached hydrogens (tertiary/aromatic N) is 4. The van der Waals surface area contributed by atoms with Gasteiger partial charge in [-0.15, -0.1) is 0 Å². The van der Waals surface area contributed by atoms with Crippen molar-refractivity contribution in [2.75, 3.05) is 18.9 Å². The zero-order valence-electron chi connectivity index (χ0n) is 23.8. The Morgan fingerprint density at radius 2 is 1.73 bits per heavy atom. The number of carbonyl (C=O) groups excluding carboxylic acids is 2. The van der Waals surface area contributed by atoms with E-state index in [1.54, 1.807) is 45.5 Å². The fourth-order valence-corrected chi connectivity index (χ4v) is 5.24. The molecular weight excluding hydrogens is 555 g/mol. The molecule has 14 nitrogen and oxygen atoms in total. The van der Waals surface area contributed by atoms with Gasteiger partial charge < -0.3 is 29.2 Å². The van der Waals surface area contributed by atoms with Crippen molar-refractivity contribution in [3.8, 4) is 0 Å². The number of carbonyl (C=O) groups is 2. The Balaban J connectivity index is 1.75. The van der Waals surface area contributed by atoms with Crippen LogP contribution >= 0.6 is 7.52 Å². The topological polar surface area (TPSA) is 179 Å². The van der Waals surface area contributed by atoms with Gasteiger partial charge in [0.15, 0.2) is 11.5 Å². The van der Waals surface area contributed by atoms with Crippen molar-refractivity contribution in [1.29, 1.82) is 0 Å². The molecule has 0 fully saturated rings. The minimum absolute atomic E-state index is 0.160. The van der Waals surface area contributed by atoms with Crippen LogP contribution in [-0.2, 0) is 45.8 Å². The van der Waals surface area contributed by atoms with Gasteiger partial charge in [0.1, 0.15) is 24.2 Å². The third-order valence-electron chi connectivity index (χ3n) is 5.45. The number of ether oxygens (including phenoxy) is 4. The van der Waals surface area contributed by atoms with Gasteiger partial charge in [0.05, 0.1) is 31.2 Å². The fraction of sp³-hybridized carbons (Fsp3) is 0.500. The van der Waals surface area contributed by atoms with Crippen molar-refractivity contribution in [3.63, 3.8) is 0 Å². The molecule has 0 aliphatic rings. The van der Waals surface area contributed by atoms with Gasteiger partial charge in [0, 0.05) is 0 Å². The lowest BCUT2D eigenvalue weighted by Crippen LogP contribution is -2.40. The maximum atomic E-state index is 14.0. The molecule has 224 valence electrons. The van der Waals surface area contributed by atoms with E-state index in [9.17, 15) is 14.2 Å². The van der Waals surface area contributed by atoms with E-state index in [2.05, 4.69) is 20.0 Å². The summed E-state index contributed by atoms with van der Waals surface area (Å²) in [7, 11) is -3.98. The molecule has 15 heteroatoms. The molecule has 3 N–H and O–H groups in total. The zero-order chi connectivity index (χ0) is 30.0. The number of aromatic nitrogens is 4. The molecule has 0 saturated heterocycles. The second-order valence-electron chi connectivity index (χ2n) is 9.77. The van der Waals surface area contributed by atoms with Crippen molar-refractivity contribution in [1.82, 2.24) is 24.6 Å². The molecule has 3 unspecified atom stereocenters. The van der Waals surface area contributed by atoms with Crippen LogP contribution in [0.15, 0.2) is 43.0 Å². The van der Waals surface area contributed by atoms with Crippen LogP contribution in [0.3, 0.4) is 0 Å². The Kier molecular flexibility index (Phi) is 11.6. The standard InChI is InChI=1S/C26H37N6O8P/c1-17(2)39-25(33)21(11-20-9-7-6-8-10-20)31-41(35,38-15-36-26(34)40-18(3)4)16-37-19(5)12-32-14-30-22-23(27)28-13-29-24(22)32/h6-10,13-14,17-19,21H,11-12,15-16H2,1-5H3,(H,31,35)(H2,27,28,29). The molecule has 0 aliphatic heterocycles. The highest BCUT2D eigenvalue weighted by Gasteiger charge is 2.34. The number of hydrogen-bond acceptors (Lipinski definition) is 12. The van der Waals surface area contributed by atoms with Gasteiger partial charge in [0.2, 0.25) is 6.79 Å². The fourth-order valence-electron chi connectivity index (χ4n) is 3.67. The summed E-state index contributed by atoms with van der Waals surface area (Å²) in [5.74, 6) is -0.374. The molecule has 1 aromatic carbocycles. The molecule has 0 radical (unpaired) electrons. The number of rotatable bonds is 15. The molecule has 0 amide bonds. The second kappa shape index (κ2) is 14.9. The Labute approximate surface area is 238 Å². The first-order valence-corrected chi connectivity index (χ1v) is 14.9. The average molecular weight is 593 g/mol. The Hall–Kier alpha value is -3.58. The number of nitrogens with one attached hydrogen (secondary N) is 1. The van der Waals surface area contributed by atoms with Crippen molar-refractivity contribution >= 4 is 36.6 Å². The first kappa shape index (κ1) is 31.9. The molecule has 2 aromatic heterocycles. The van der Waals surface area contributed by atoms with Crippen LogP contribution < -0.4 is 10.8 Å². The minimum atomic E-state index is -3.98. The lowest BCUT2D eigenvalue weighted by atomic mass is 10.1. The normalized spacial score (nSPS) is 14.5. The molecule has 0 spiro atoms. The number of esters is 1. The van der Waals surface area contributed by atoms with Gasteiger partial charge in [-0.2, -0.15) is 0 Å². The van der Waals surface area contributed by atoms with Crippen LogP contribution in [0, 0.1) is 0 Å². The quantitative estimate of drug-likeness (QED) is 0.148. The van der Waals surface area contributed by atoms with Crippen molar-refractivity contribution in [2.45, 2.75) is 71.9 Å². The number of benzene rings is 1. The number of fused-ring (bicyclic) bond motifs is 1. The predicted octanol–water partition coefficient (Wildman–Crippen LogP) is 3.65. The van der Waals surface area contributed by atoms with Gasteiger partial charge in [-0.3, -0.25) is 13.9 Å². The molecule has 0 saturated carbocycles. The van der Waals surface area contributed by atoms with E-state index < -0.39 is 57.1 Å². The monoisotopic (exact) mass is 592 g/mol. The third-order valence-corrected chi connectivity index (χ3v) is 7.17. The van der Waals surface area contributed by atoms with Crippen LogP contribution in [-0.4, -0.2) is 69.1 Å². The number of nitrogen functional groups attached to an aromatic ring is 1. The molecule has 0 bridgehead atoms. The number of anilines is 1. The van der Waals surface area contributed by atoms with Crippen molar-refractivity contribution < 1.29 is 37.6 Å². The van der Waals surface area contributed by atoms with Crippen LogP contribution in [0.5, 0.6) is 0 Å².